The Morgan fingerprint density at radius 2 is 2.09 bits per heavy atom. The monoisotopic (exact) mass is 317 g/mol. The second-order valence-corrected chi connectivity index (χ2v) is 6.24. The SMILES string of the molecule is Cc1ncc(CNCCc2coc(-c3ccc(F)cc3)n2)s1. The molecule has 3 aromatic rings. The fourth-order valence-electron chi connectivity index (χ4n) is 2.06. The van der Waals surface area contributed by atoms with Gasteiger partial charge < -0.3 is 9.73 Å². The zero-order chi connectivity index (χ0) is 15.4. The number of aryl methyl sites for hydroxylation is 1. The van der Waals surface area contributed by atoms with Gasteiger partial charge in [0.15, 0.2) is 0 Å². The minimum atomic E-state index is -0.266. The fraction of sp³-hybridized carbons (Fsp3) is 0.250. The van der Waals surface area contributed by atoms with Gasteiger partial charge in [0.05, 0.1) is 10.7 Å². The average Bonchev–Trinajstić information content (AvgIpc) is 3.14. The van der Waals surface area contributed by atoms with Gasteiger partial charge in [-0.25, -0.2) is 14.4 Å². The lowest BCUT2D eigenvalue weighted by Gasteiger charge is -2.00. The van der Waals surface area contributed by atoms with E-state index in [2.05, 4.69) is 15.3 Å². The summed E-state index contributed by atoms with van der Waals surface area (Å²) >= 11 is 1.70. The Kier molecular flexibility index (Phi) is 4.60. The molecule has 0 amide bonds. The van der Waals surface area contributed by atoms with Crippen molar-refractivity contribution in [2.75, 3.05) is 6.54 Å². The number of nitrogens with zero attached hydrogens (tertiary/aromatic N) is 2. The third kappa shape index (κ3) is 3.78. The molecule has 1 N–H and O–H groups in total. The summed E-state index contributed by atoms with van der Waals surface area (Å²) in [5.74, 6) is 0.256. The minimum absolute atomic E-state index is 0.266. The van der Waals surface area contributed by atoms with Crippen LogP contribution in [0.15, 0.2) is 41.1 Å². The predicted molar refractivity (Wildman–Crippen MR) is 84.2 cm³/mol. The molecule has 0 spiro atoms. The molecule has 0 aliphatic heterocycles. The van der Waals surface area contributed by atoms with E-state index < -0.39 is 0 Å². The first-order chi connectivity index (χ1) is 10.7. The molecule has 114 valence electrons. The van der Waals surface area contributed by atoms with Crippen molar-refractivity contribution in [2.24, 2.45) is 0 Å². The molecule has 0 bridgehead atoms. The lowest BCUT2D eigenvalue weighted by molar-refractivity contribution is 0.571. The molecule has 1 aromatic carbocycles. The van der Waals surface area contributed by atoms with Crippen LogP contribution in [-0.4, -0.2) is 16.5 Å². The Morgan fingerprint density at radius 3 is 2.82 bits per heavy atom. The lowest BCUT2D eigenvalue weighted by atomic mass is 10.2. The van der Waals surface area contributed by atoms with E-state index in [9.17, 15) is 4.39 Å². The number of oxazole rings is 1. The number of hydrogen-bond acceptors (Lipinski definition) is 5. The van der Waals surface area contributed by atoms with Gasteiger partial charge in [0.2, 0.25) is 5.89 Å². The van der Waals surface area contributed by atoms with Crippen LogP contribution >= 0.6 is 11.3 Å². The Labute approximate surface area is 132 Å². The lowest BCUT2D eigenvalue weighted by Crippen LogP contribution is -2.16. The molecular weight excluding hydrogens is 301 g/mol. The molecule has 2 aromatic heterocycles. The Morgan fingerprint density at radius 1 is 1.27 bits per heavy atom. The highest BCUT2D eigenvalue weighted by atomic mass is 32.1. The number of nitrogens with one attached hydrogen (secondary N) is 1. The van der Waals surface area contributed by atoms with Crippen LogP contribution in [0.2, 0.25) is 0 Å². The Balaban J connectivity index is 1.50. The molecule has 3 rings (SSSR count). The van der Waals surface area contributed by atoms with Crippen LogP contribution in [0.25, 0.3) is 11.5 Å². The number of halogens is 1. The zero-order valence-corrected chi connectivity index (χ0v) is 13.0. The summed E-state index contributed by atoms with van der Waals surface area (Å²) in [6.07, 6.45) is 4.33. The van der Waals surface area contributed by atoms with E-state index in [0.717, 1.165) is 35.8 Å². The quantitative estimate of drug-likeness (QED) is 0.706. The maximum absolute atomic E-state index is 12.9. The molecule has 0 aliphatic rings. The van der Waals surface area contributed by atoms with Crippen LogP contribution in [0.5, 0.6) is 0 Å². The van der Waals surface area contributed by atoms with Gasteiger partial charge in [0.25, 0.3) is 0 Å². The number of aromatic nitrogens is 2. The van der Waals surface area contributed by atoms with Crippen molar-refractivity contribution in [1.29, 1.82) is 0 Å². The minimum Gasteiger partial charge on any atom is -0.444 e. The van der Waals surface area contributed by atoms with Gasteiger partial charge in [0, 0.05) is 36.1 Å². The standard InChI is InChI=1S/C16H16FN3OS/c1-11-19-9-15(22-11)8-18-7-6-14-10-21-16(20-14)12-2-4-13(17)5-3-12/h2-5,9-10,18H,6-8H2,1H3. The van der Waals surface area contributed by atoms with E-state index in [1.54, 1.807) is 29.7 Å². The van der Waals surface area contributed by atoms with E-state index in [-0.39, 0.29) is 5.82 Å². The molecule has 0 saturated heterocycles. The molecular formula is C16H16FN3OS. The summed E-state index contributed by atoms with van der Waals surface area (Å²) in [4.78, 5) is 9.87. The van der Waals surface area contributed by atoms with Crippen molar-refractivity contribution in [2.45, 2.75) is 19.9 Å². The number of benzene rings is 1. The smallest absolute Gasteiger partial charge is 0.226 e. The van der Waals surface area contributed by atoms with Crippen LogP contribution in [0.3, 0.4) is 0 Å². The number of hydrogen-bond donors (Lipinski definition) is 1. The molecule has 22 heavy (non-hydrogen) atoms. The van der Waals surface area contributed by atoms with Crippen molar-refractivity contribution in [3.63, 3.8) is 0 Å². The third-order valence-corrected chi connectivity index (χ3v) is 4.08. The Hall–Kier alpha value is -2.05. The summed E-state index contributed by atoms with van der Waals surface area (Å²) in [6, 6.07) is 6.13. The maximum atomic E-state index is 12.9. The first-order valence-corrected chi connectivity index (χ1v) is 7.85. The van der Waals surface area contributed by atoms with E-state index in [1.165, 1.54) is 17.0 Å². The number of thiazole rings is 1. The van der Waals surface area contributed by atoms with Crippen molar-refractivity contribution < 1.29 is 8.81 Å². The second kappa shape index (κ2) is 6.81. The van der Waals surface area contributed by atoms with Crippen LogP contribution in [0.4, 0.5) is 4.39 Å². The van der Waals surface area contributed by atoms with Crippen LogP contribution in [0.1, 0.15) is 15.6 Å². The fourth-order valence-corrected chi connectivity index (χ4v) is 2.83. The molecule has 0 radical (unpaired) electrons. The van der Waals surface area contributed by atoms with Gasteiger partial charge in [-0.05, 0) is 31.2 Å². The normalized spacial score (nSPS) is 11.0. The van der Waals surface area contributed by atoms with Gasteiger partial charge in [-0.1, -0.05) is 0 Å². The predicted octanol–water partition coefficient (Wildman–Crippen LogP) is 3.58. The molecule has 0 aliphatic carbocycles. The van der Waals surface area contributed by atoms with E-state index in [1.807, 2.05) is 13.1 Å². The van der Waals surface area contributed by atoms with Gasteiger partial charge in [-0.2, -0.15) is 0 Å². The highest BCUT2D eigenvalue weighted by Gasteiger charge is 2.07. The summed E-state index contributed by atoms with van der Waals surface area (Å²) in [7, 11) is 0. The topological polar surface area (TPSA) is 51.0 Å². The Bertz CT molecular complexity index is 736. The highest BCUT2D eigenvalue weighted by molar-refractivity contribution is 7.11. The van der Waals surface area contributed by atoms with E-state index >= 15 is 0 Å². The highest BCUT2D eigenvalue weighted by Crippen LogP contribution is 2.19. The zero-order valence-electron chi connectivity index (χ0n) is 12.2. The van der Waals surface area contributed by atoms with Crippen molar-refractivity contribution >= 4 is 11.3 Å². The summed E-state index contributed by atoms with van der Waals surface area (Å²) in [5.41, 5.74) is 1.66. The summed E-state index contributed by atoms with van der Waals surface area (Å²) < 4.78 is 18.3. The van der Waals surface area contributed by atoms with Crippen LogP contribution in [-0.2, 0) is 13.0 Å². The second-order valence-electron chi connectivity index (χ2n) is 4.92. The largest absolute Gasteiger partial charge is 0.444 e. The summed E-state index contributed by atoms with van der Waals surface area (Å²) in [6.45, 7) is 3.63. The van der Waals surface area contributed by atoms with Gasteiger partial charge in [-0.15, -0.1) is 11.3 Å². The molecule has 0 atom stereocenters. The maximum Gasteiger partial charge on any atom is 0.226 e. The molecule has 2 heterocycles. The molecule has 0 saturated carbocycles. The van der Waals surface area contributed by atoms with Gasteiger partial charge in [-0.3, -0.25) is 0 Å². The average molecular weight is 317 g/mol. The van der Waals surface area contributed by atoms with Crippen molar-refractivity contribution in [1.82, 2.24) is 15.3 Å². The van der Waals surface area contributed by atoms with Gasteiger partial charge >= 0.3 is 0 Å². The third-order valence-electron chi connectivity index (χ3n) is 3.17. The first-order valence-electron chi connectivity index (χ1n) is 7.03. The molecule has 4 nitrogen and oxygen atoms in total. The molecule has 6 heteroatoms. The number of rotatable bonds is 6. The van der Waals surface area contributed by atoms with E-state index in [4.69, 9.17) is 4.42 Å². The molecule has 0 unspecified atom stereocenters. The molecule has 0 fully saturated rings. The van der Waals surface area contributed by atoms with Crippen LogP contribution in [0, 0.1) is 12.7 Å². The van der Waals surface area contributed by atoms with E-state index in [0.29, 0.717) is 5.89 Å². The van der Waals surface area contributed by atoms with Crippen molar-refractivity contribution in [3.8, 4) is 11.5 Å². The summed E-state index contributed by atoms with van der Waals surface area (Å²) in [5, 5.41) is 4.44. The first kappa shape index (κ1) is 14.9. The van der Waals surface area contributed by atoms with Crippen LogP contribution < -0.4 is 5.32 Å². The van der Waals surface area contributed by atoms with Crippen molar-refractivity contribution in [3.05, 3.63) is 58.1 Å². The van der Waals surface area contributed by atoms with Gasteiger partial charge in [0.1, 0.15) is 12.1 Å².